The third kappa shape index (κ3) is 6.06. The normalized spacial score (nSPS) is 15.3. The molecule has 3 rings (SSSR count). The van der Waals surface area contributed by atoms with Gasteiger partial charge in [0, 0.05) is 6.54 Å². The molecule has 1 unspecified atom stereocenters. The molecule has 2 N–H and O–H groups in total. The number of carbonyl (C=O) groups is 2. The molecule has 1 aromatic carbocycles. The van der Waals surface area contributed by atoms with E-state index < -0.39 is 17.9 Å². The maximum atomic E-state index is 13.1. The molecular weight excluding hydrogens is 422 g/mol. The lowest BCUT2D eigenvalue weighted by atomic mass is 9.85. The smallest absolute Gasteiger partial charge is 0.326 e. The van der Waals surface area contributed by atoms with Crippen molar-refractivity contribution in [1.82, 2.24) is 15.1 Å². The van der Waals surface area contributed by atoms with Gasteiger partial charge in [-0.25, -0.2) is 4.79 Å². The minimum atomic E-state index is -1.01. The van der Waals surface area contributed by atoms with E-state index in [1.54, 1.807) is 25.0 Å². The number of benzene rings is 1. The molecule has 180 valence electrons. The van der Waals surface area contributed by atoms with E-state index in [-0.39, 0.29) is 11.6 Å². The summed E-state index contributed by atoms with van der Waals surface area (Å²) in [7, 11) is 3.16. The number of nitrogens with one attached hydrogen (secondary N) is 1. The topological polar surface area (TPSA) is 103 Å². The Balaban J connectivity index is 1.91. The maximum absolute atomic E-state index is 13.1. The molecule has 1 amide bonds. The lowest BCUT2D eigenvalue weighted by Crippen LogP contribution is -2.42. The van der Waals surface area contributed by atoms with Gasteiger partial charge in [0.25, 0.3) is 5.91 Å². The summed E-state index contributed by atoms with van der Waals surface area (Å²) in [6.45, 7) is 4.71. The van der Waals surface area contributed by atoms with E-state index in [9.17, 15) is 14.7 Å². The average Bonchev–Trinajstić information content (AvgIpc) is 3.21. The Morgan fingerprint density at radius 1 is 1.15 bits per heavy atom. The predicted molar refractivity (Wildman–Crippen MR) is 126 cm³/mol. The summed E-state index contributed by atoms with van der Waals surface area (Å²) in [5.74, 6) is 0.308. The summed E-state index contributed by atoms with van der Waals surface area (Å²) >= 11 is 0. The van der Waals surface area contributed by atoms with Crippen molar-refractivity contribution >= 4 is 11.9 Å². The van der Waals surface area contributed by atoms with E-state index in [1.807, 2.05) is 18.2 Å². The zero-order valence-corrected chi connectivity index (χ0v) is 20.0. The standard InChI is InChI=1S/C25H35N3O5/c1-16(2)15-28-20(23-21(32-3)11-8-12-22(23)33-4)14-18(27-28)24(29)26-19(25(30)31)13-17-9-6-5-7-10-17/h8,11-12,14,16-17,19H,5-7,9-10,13,15H2,1-4H3,(H,26,29)(H,30,31). The van der Waals surface area contributed by atoms with Crippen molar-refractivity contribution in [3.8, 4) is 22.8 Å². The number of carbonyl (C=O) groups excluding carboxylic acids is 1. The first-order valence-electron chi connectivity index (χ1n) is 11.7. The molecule has 8 heteroatoms. The molecule has 0 aliphatic heterocycles. The van der Waals surface area contributed by atoms with Gasteiger partial charge in [-0.1, -0.05) is 52.0 Å². The number of carboxylic acids is 1. The van der Waals surface area contributed by atoms with E-state index in [1.165, 1.54) is 6.42 Å². The van der Waals surface area contributed by atoms with Gasteiger partial charge in [-0.2, -0.15) is 5.10 Å². The van der Waals surface area contributed by atoms with Crippen LogP contribution in [0.3, 0.4) is 0 Å². The number of methoxy groups -OCH3 is 2. The molecule has 1 fully saturated rings. The Kier molecular flexibility index (Phi) is 8.36. The van der Waals surface area contributed by atoms with Crippen LogP contribution in [0, 0.1) is 11.8 Å². The molecule has 1 aliphatic carbocycles. The molecule has 8 nitrogen and oxygen atoms in total. The fraction of sp³-hybridized carbons (Fsp3) is 0.560. The number of nitrogens with zero attached hydrogens (tertiary/aromatic N) is 2. The molecule has 0 spiro atoms. The Morgan fingerprint density at radius 2 is 1.79 bits per heavy atom. The van der Waals surface area contributed by atoms with Gasteiger partial charge in [0.05, 0.1) is 25.5 Å². The second-order valence-corrected chi connectivity index (χ2v) is 9.13. The molecule has 1 aromatic heterocycles. The Bertz CT molecular complexity index is 941. The number of hydrogen-bond acceptors (Lipinski definition) is 5. The number of aromatic nitrogens is 2. The molecule has 1 saturated carbocycles. The van der Waals surface area contributed by atoms with Crippen LogP contribution in [-0.2, 0) is 11.3 Å². The van der Waals surface area contributed by atoms with Gasteiger partial charge in [0.2, 0.25) is 0 Å². The molecule has 0 radical (unpaired) electrons. The molecule has 0 saturated heterocycles. The van der Waals surface area contributed by atoms with Crippen LogP contribution in [0.25, 0.3) is 11.3 Å². The number of ether oxygens (including phenoxy) is 2. The van der Waals surface area contributed by atoms with Gasteiger partial charge >= 0.3 is 5.97 Å². The monoisotopic (exact) mass is 457 g/mol. The number of rotatable bonds is 10. The third-order valence-corrected chi connectivity index (χ3v) is 6.13. The predicted octanol–water partition coefficient (Wildman–Crippen LogP) is 4.38. The third-order valence-electron chi connectivity index (χ3n) is 6.13. The lowest BCUT2D eigenvalue weighted by Gasteiger charge is -2.24. The first kappa shape index (κ1) is 24.6. The van der Waals surface area contributed by atoms with Crippen LogP contribution in [0.15, 0.2) is 24.3 Å². The van der Waals surface area contributed by atoms with Crippen LogP contribution in [0.2, 0.25) is 0 Å². The summed E-state index contributed by atoms with van der Waals surface area (Å²) in [5.41, 5.74) is 1.56. The largest absolute Gasteiger partial charge is 0.496 e. The Labute approximate surface area is 195 Å². The van der Waals surface area contributed by atoms with E-state index in [0.29, 0.717) is 41.6 Å². The summed E-state index contributed by atoms with van der Waals surface area (Å²) < 4.78 is 12.9. The second-order valence-electron chi connectivity index (χ2n) is 9.13. The zero-order valence-electron chi connectivity index (χ0n) is 20.0. The van der Waals surface area contributed by atoms with Crippen molar-refractivity contribution < 1.29 is 24.2 Å². The second kappa shape index (κ2) is 11.2. The number of hydrogen-bond donors (Lipinski definition) is 2. The summed E-state index contributed by atoms with van der Waals surface area (Å²) in [5, 5.41) is 17.0. The fourth-order valence-electron chi connectivity index (χ4n) is 4.53. The van der Waals surface area contributed by atoms with Gasteiger partial charge in [-0.3, -0.25) is 9.48 Å². The molecule has 1 aliphatic rings. The van der Waals surface area contributed by atoms with Crippen molar-refractivity contribution in [2.45, 2.75) is 65.0 Å². The van der Waals surface area contributed by atoms with Crippen LogP contribution in [-0.4, -0.2) is 47.0 Å². The van der Waals surface area contributed by atoms with Gasteiger partial charge in [-0.05, 0) is 36.5 Å². The highest BCUT2D eigenvalue weighted by atomic mass is 16.5. The van der Waals surface area contributed by atoms with E-state index >= 15 is 0 Å². The van der Waals surface area contributed by atoms with Crippen LogP contribution in [0.4, 0.5) is 0 Å². The van der Waals surface area contributed by atoms with Crippen molar-refractivity contribution in [2.24, 2.45) is 11.8 Å². The lowest BCUT2D eigenvalue weighted by molar-refractivity contribution is -0.139. The van der Waals surface area contributed by atoms with Gasteiger partial charge in [-0.15, -0.1) is 0 Å². The average molecular weight is 458 g/mol. The van der Waals surface area contributed by atoms with Crippen molar-refractivity contribution in [3.05, 3.63) is 30.0 Å². The minimum absolute atomic E-state index is 0.175. The highest BCUT2D eigenvalue weighted by Gasteiger charge is 2.28. The number of aliphatic carboxylic acids is 1. The summed E-state index contributed by atoms with van der Waals surface area (Å²) in [4.78, 5) is 25.0. The number of carboxylic acid groups (broad SMARTS) is 1. The van der Waals surface area contributed by atoms with Crippen LogP contribution < -0.4 is 14.8 Å². The van der Waals surface area contributed by atoms with E-state index in [4.69, 9.17) is 9.47 Å². The molecule has 0 bridgehead atoms. The zero-order chi connectivity index (χ0) is 24.0. The van der Waals surface area contributed by atoms with Crippen LogP contribution in [0.1, 0.15) is 62.9 Å². The molecule has 1 heterocycles. The van der Waals surface area contributed by atoms with Gasteiger partial charge < -0.3 is 19.9 Å². The van der Waals surface area contributed by atoms with Crippen molar-refractivity contribution in [3.63, 3.8) is 0 Å². The van der Waals surface area contributed by atoms with Gasteiger partial charge in [0.1, 0.15) is 17.5 Å². The molecule has 2 aromatic rings. The van der Waals surface area contributed by atoms with Crippen LogP contribution >= 0.6 is 0 Å². The Hall–Kier alpha value is -3.03. The van der Waals surface area contributed by atoms with Crippen LogP contribution in [0.5, 0.6) is 11.5 Å². The fourth-order valence-corrected chi connectivity index (χ4v) is 4.53. The van der Waals surface area contributed by atoms with Gasteiger partial charge in [0.15, 0.2) is 5.69 Å². The maximum Gasteiger partial charge on any atom is 0.326 e. The van der Waals surface area contributed by atoms with E-state index in [2.05, 4.69) is 24.3 Å². The molecule has 1 atom stereocenters. The minimum Gasteiger partial charge on any atom is -0.496 e. The van der Waals surface area contributed by atoms with E-state index in [0.717, 1.165) is 25.7 Å². The highest BCUT2D eigenvalue weighted by Crippen LogP contribution is 2.39. The molecule has 33 heavy (non-hydrogen) atoms. The summed E-state index contributed by atoms with van der Waals surface area (Å²) in [6, 6.07) is 6.24. The van der Waals surface area contributed by atoms with Crippen molar-refractivity contribution in [1.29, 1.82) is 0 Å². The highest BCUT2D eigenvalue weighted by molar-refractivity contribution is 5.96. The quantitative estimate of drug-likeness (QED) is 0.549. The first-order valence-corrected chi connectivity index (χ1v) is 11.7. The summed E-state index contributed by atoms with van der Waals surface area (Å²) in [6.07, 6.45) is 5.91. The number of amides is 1. The first-order chi connectivity index (χ1) is 15.8. The SMILES string of the molecule is COc1cccc(OC)c1-c1cc(C(=O)NC(CC2CCCCC2)C(=O)O)nn1CC(C)C. The Morgan fingerprint density at radius 3 is 2.33 bits per heavy atom. The van der Waals surface area contributed by atoms with Crippen molar-refractivity contribution in [2.75, 3.05) is 14.2 Å². The molecular formula is C25H35N3O5.